The summed E-state index contributed by atoms with van der Waals surface area (Å²) in [6.07, 6.45) is 5.49. The van der Waals surface area contributed by atoms with Crippen LogP contribution in [0, 0.1) is 5.92 Å². The molecule has 1 heterocycles. The summed E-state index contributed by atoms with van der Waals surface area (Å²) in [7, 11) is 0. The number of rotatable bonds is 8. The van der Waals surface area contributed by atoms with Crippen LogP contribution in [-0.2, 0) is 6.54 Å². The summed E-state index contributed by atoms with van der Waals surface area (Å²) in [5.41, 5.74) is 1.39. The molecule has 0 amide bonds. The second kappa shape index (κ2) is 6.25. The summed E-state index contributed by atoms with van der Waals surface area (Å²) < 4.78 is 0. The van der Waals surface area contributed by atoms with Crippen LogP contribution < -0.4 is 10.2 Å². The van der Waals surface area contributed by atoms with E-state index in [0.717, 1.165) is 18.4 Å². The Morgan fingerprint density at radius 2 is 1.90 bits per heavy atom. The molecule has 0 aliphatic heterocycles. The lowest BCUT2D eigenvalue weighted by Crippen LogP contribution is -2.32. The number of hydrogen-bond acceptors (Lipinski definition) is 4. The van der Waals surface area contributed by atoms with Crippen molar-refractivity contribution in [3.63, 3.8) is 0 Å². The zero-order chi connectivity index (χ0) is 15.0. The maximum Gasteiger partial charge on any atom is 0.186 e. The average Bonchev–Trinajstić information content (AvgIpc) is 3.32. The fraction of sp³-hybridized carbons (Fsp3) is 0.824. The molecule has 21 heavy (non-hydrogen) atoms. The molecule has 0 radical (unpaired) electrons. The van der Waals surface area contributed by atoms with Gasteiger partial charge in [0, 0.05) is 36.0 Å². The fourth-order valence-electron chi connectivity index (χ4n) is 2.66. The van der Waals surface area contributed by atoms with E-state index in [0.29, 0.717) is 12.1 Å². The van der Waals surface area contributed by atoms with E-state index in [1.165, 1.54) is 47.9 Å². The van der Waals surface area contributed by atoms with E-state index in [9.17, 15) is 0 Å². The molecule has 1 N–H and O–H groups in total. The van der Waals surface area contributed by atoms with Crippen LogP contribution in [0.3, 0.4) is 0 Å². The minimum atomic E-state index is 0.537. The minimum Gasteiger partial charge on any atom is -0.345 e. The van der Waals surface area contributed by atoms with Crippen LogP contribution >= 0.6 is 11.3 Å². The monoisotopic (exact) mass is 307 g/mol. The molecule has 2 fully saturated rings. The second-order valence-corrected chi connectivity index (χ2v) is 8.37. The Bertz CT molecular complexity index is 472. The predicted molar refractivity (Wildman–Crippen MR) is 91.3 cm³/mol. The molecule has 0 unspecified atom stereocenters. The molecule has 3 rings (SSSR count). The molecule has 0 spiro atoms. The van der Waals surface area contributed by atoms with Crippen LogP contribution in [0.4, 0.5) is 5.13 Å². The van der Waals surface area contributed by atoms with Gasteiger partial charge in [0.1, 0.15) is 0 Å². The molecule has 0 saturated heterocycles. The maximum atomic E-state index is 5.06. The third-order valence-corrected chi connectivity index (χ3v) is 5.48. The summed E-state index contributed by atoms with van der Waals surface area (Å²) >= 11 is 1.93. The van der Waals surface area contributed by atoms with Crippen molar-refractivity contribution < 1.29 is 0 Å². The van der Waals surface area contributed by atoms with E-state index < -0.39 is 0 Å². The van der Waals surface area contributed by atoms with E-state index in [2.05, 4.69) is 37.9 Å². The summed E-state index contributed by atoms with van der Waals surface area (Å²) in [6.45, 7) is 11.2. The first-order valence-electron chi connectivity index (χ1n) is 8.54. The second-order valence-electron chi connectivity index (χ2n) is 7.30. The molecule has 2 aliphatic rings. The third kappa shape index (κ3) is 3.98. The number of hydrogen-bond donors (Lipinski definition) is 1. The van der Waals surface area contributed by atoms with Gasteiger partial charge in [-0.05, 0) is 45.4 Å². The van der Waals surface area contributed by atoms with E-state index in [1.807, 2.05) is 11.3 Å². The van der Waals surface area contributed by atoms with Gasteiger partial charge in [0.05, 0.1) is 5.69 Å². The molecule has 2 aliphatic carbocycles. The zero-order valence-electron chi connectivity index (χ0n) is 13.9. The Morgan fingerprint density at radius 1 is 1.19 bits per heavy atom. The van der Waals surface area contributed by atoms with Gasteiger partial charge in [-0.2, -0.15) is 0 Å². The molecule has 1 aromatic heterocycles. The smallest absolute Gasteiger partial charge is 0.186 e. The van der Waals surface area contributed by atoms with Gasteiger partial charge in [-0.25, -0.2) is 4.98 Å². The first kappa shape index (κ1) is 15.3. The normalized spacial score (nSPS) is 18.8. The highest BCUT2D eigenvalue weighted by atomic mass is 32.1. The minimum absolute atomic E-state index is 0.537. The van der Waals surface area contributed by atoms with Gasteiger partial charge in [-0.15, -0.1) is 11.3 Å². The van der Waals surface area contributed by atoms with Crippen LogP contribution in [0.2, 0.25) is 0 Å². The molecule has 0 bridgehead atoms. The maximum absolute atomic E-state index is 5.06. The molecule has 118 valence electrons. The number of thiazole rings is 1. The average molecular weight is 308 g/mol. The Hall–Kier alpha value is -0.610. The Morgan fingerprint density at radius 3 is 2.43 bits per heavy atom. The number of nitrogens with zero attached hydrogens (tertiary/aromatic N) is 2. The van der Waals surface area contributed by atoms with Crippen molar-refractivity contribution in [3.05, 3.63) is 10.6 Å². The van der Waals surface area contributed by atoms with Gasteiger partial charge >= 0.3 is 0 Å². The van der Waals surface area contributed by atoms with E-state index in [-0.39, 0.29) is 0 Å². The highest BCUT2D eigenvalue weighted by Gasteiger charge is 2.32. The summed E-state index contributed by atoms with van der Waals surface area (Å²) in [4.78, 5) is 9.07. The largest absolute Gasteiger partial charge is 0.345 e. The lowest BCUT2D eigenvalue weighted by atomic mass is 10.2. The van der Waals surface area contributed by atoms with Gasteiger partial charge in [-0.3, -0.25) is 0 Å². The quantitative estimate of drug-likeness (QED) is 0.782. The van der Waals surface area contributed by atoms with Crippen LogP contribution in [0.1, 0.15) is 69.9 Å². The van der Waals surface area contributed by atoms with E-state index in [1.54, 1.807) is 0 Å². The number of aromatic nitrogens is 1. The first-order chi connectivity index (χ1) is 10.0. The molecule has 3 nitrogen and oxygen atoms in total. The lowest BCUT2D eigenvalue weighted by Gasteiger charge is -2.26. The van der Waals surface area contributed by atoms with Gasteiger partial charge in [0.15, 0.2) is 5.13 Å². The Kier molecular flexibility index (Phi) is 4.55. The topological polar surface area (TPSA) is 28.2 Å². The van der Waals surface area contributed by atoms with Crippen molar-refractivity contribution in [2.75, 3.05) is 11.4 Å². The molecular formula is C17H29N3S. The zero-order valence-corrected chi connectivity index (χ0v) is 14.7. The van der Waals surface area contributed by atoms with E-state index in [4.69, 9.17) is 4.98 Å². The molecular weight excluding hydrogens is 278 g/mol. The van der Waals surface area contributed by atoms with Gasteiger partial charge in [0.25, 0.3) is 0 Å². The molecule has 0 aromatic carbocycles. The van der Waals surface area contributed by atoms with Crippen molar-refractivity contribution in [2.24, 2.45) is 5.92 Å². The van der Waals surface area contributed by atoms with Crippen molar-refractivity contribution in [3.8, 4) is 0 Å². The van der Waals surface area contributed by atoms with Crippen LogP contribution in [-0.4, -0.2) is 23.6 Å². The van der Waals surface area contributed by atoms with Crippen molar-refractivity contribution in [1.82, 2.24) is 10.3 Å². The Balaban J connectivity index is 1.78. The van der Waals surface area contributed by atoms with Gasteiger partial charge < -0.3 is 10.2 Å². The summed E-state index contributed by atoms with van der Waals surface area (Å²) in [5, 5.41) is 4.83. The lowest BCUT2D eigenvalue weighted by molar-refractivity contribution is 0.590. The number of anilines is 1. The first-order valence-corrected chi connectivity index (χ1v) is 9.36. The van der Waals surface area contributed by atoms with Crippen molar-refractivity contribution in [1.29, 1.82) is 0 Å². The van der Waals surface area contributed by atoms with E-state index >= 15 is 0 Å². The predicted octanol–water partition coefficient (Wildman–Crippen LogP) is 4.14. The standard InChI is InChI=1S/C17H29N3S/c1-11(2)18-9-15-16(14-7-8-14)19-17(21-15)20(12(3)4)10-13-5-6-13/h11-14,18H,5-10H2,1-4H3. The highest BCUT2D eigenvalue weighted by Crippen LogP contribution is 2.45. The van der Waals surface area contributed by atoms with Crippen molar-refractivity contribution >= 4 is 16.5 Å². The van der Waals surface area contributed by atoms with Crippen LogP contribution in [0.15, 0.2) is 0 Å². The van der Waals surface area contributed by atoms with Gasteiger partial charge in [0.2, 0.25) is 0 Å². The van der Waals surface area contributed by atoms with Crippen LogP contribution in [0.25, 0.3) is 0 Å². The third-order valence-electron chi connectivity index (χ3n) is 4.37. The molecule has 4 heteroatoms. The number of nitrogens with one attached hydrogen (secondary N) is 1. The summed E-state index contributed by atoms with van der Waals surface area (Å²) in [5.74, 6) is 1.66. The molecule has 2 saturated carbocycles. The van der Waals surface area contributed by atoms with Gasteiger partial charge in [-0.1, -0.05) is 13.8 Å². The molecule has 0 atom stereocenters. The van der Waals surface area contributed by atoms with Crippen molar-refractivity contribution in [2.45, 2.75) is 77.9 Å². The molecule has 1 aromatic rings. The summed E-state index contributed by atoms with van der Waals surface area (Å²) in [6, 6.07) is 1.09. The SMILES string of the molecule is CC(C)NCc1sc(N(CC2CC2)C(C)C)nc1C1CC1. The van der Waals surface area contributed by atoms with Crippen LogP contribution in [0.5, 0.6) is 0 Å². The fourth-order valence-corrected chi connectivity index (χ4v) is 3.90. The highest BCUT2D eigenvalue weighted by molar-refractivity contribution is 7.15. The Labute approximate surface area is 133 Å².